The molecule has 2 aromatic rings. The van der Waals surface area contributed by atoms with Crippen molar-refractivity contribution in [1.29, 1.82) is 0 Å². The second kappa shape index (κ2) is 7.48. The van der Waals surface area contributed by atoms with Crippen molar-refractivity contribution in [2.24, 2.45) is 0 Å². The Bertz CT molecular complexity index is 756. The van der Waals surface area contributed by atoms with Crippen molar-refractivity contribution < 1.29 is 9.59 Å². The minimum atomic E-state index is -0.331. The molecule has 0 radical (unpaired) electrons. The van der Waals surface area contributed by atoms with Crippen LogP contribution in [0.5, 0.6) is 0 Å². The monoisotopic (exact) mass is 359 g/mol. The Morgan fingerprint density at radius 2 is 1.72 bits per heavy atom. The lowest BCUT2D eigenvalue weighted by Crippen LogP contribution is -2.48. The van der Waals surface area contributed by atoms with E-state index in [2.05, 4.69) is 15.3 Å². The van der Waals surface area contributed by atoms with Crippen molar-refractivity contribution >= 4 is 34.9 Å². The van der Waals surface area contributed by atoms with Crippen LogP contribution >= 0.6 is 11.6 Å². The summed E-state index contributed by atoms with van der Waals surface area (Å²) in [6.07, 6.45) is 3.04. The third kappa shape index (κ3) is 4.24. The molecule has 8 heteroatoms. The first kappa shape index (κ1) is 17.2. The highest BCUT2D eigenvalue weighted by atomic mass is 35.5. The summed E-state index contributed by atoms with van der Waals surface area (Å²) in [6.45, 7) is 4.30. The summed E-state index contributed by atoms with van der Waals surface area (Å²) in [6, 6.07) is 6.84. The van der Waals surface area contributed by atoms with Crippen molar-refractivity contribution in [3.05, 3.63) is 47.4 Å². The first-order chi connectivity index (χ1) is 12.0. The zero-order chi connectivity index (χ0) is 17.8. The van der Waals surface area contributed by atoms with Crippen molar-refractivity contribution in [2.45, 2.75) is 6.92 Å². The average molecular weight is 360 g/mol. The van der Waals surface area contributed by atoms with Gasteiger partial charge in [0.2, 0.25) is 5.91 Å². The highest BCUT2D eigenvalue weighted by molar-refractivity contribution is 6.30. The van der Waals surface area contributed by atoms with E-state index in [0.717, 1.165) is 0 Å². The Hall–Kier alpha value is -2.67. The number of benzene rings is 1. The Balaban J connectivity index is 1.61. The van der Waals surface area contributed by atoms with Crippen LogP contribution < -0.4 is 10.2 Å². The van der Waals surface area contributed by atoms with Gasteiger partial charge < -0.3 is 15.1 Å². The molecule has 0 spiro atoms. The van der Waals surface area contributed by atoms with Crippen LogP contribution in [0.4, 0.5) is 11.5 Å². The van der Waals surface area contributed by atoms with Gasteiger partial charge in [-0.2, -0.15) is 0 Å². The maximum absolute atomic E-state index is 12.2. The topological polar surface area (TPSA) is 78.4 Å². The fraction of sp³-hybridized carbons (Fsp3) is 0.294. The first-order valence-electron chi connectivity index (χ1n) is 7.92. The van der Waals surface area contributed by atoms with Crippen LogP contribution in [-0.4, -0.2) is 52.9 Å². The number of piperazine rings is 1. The molecule has 1 saturated heterocycles. The molecule has 0 aliphatic carbocycles. The minimum absolute atomic E-state index is 0.0833. The quantitative estimate of drug-likeness (QED) is 0.907. The van der Waals surface area contributed by atoms with Gasteiger partial charge in [0.05, 0.1) is 12.4 Å². The molecule has 2 heterocycles. The van der Waals surface area contributed by atoms with E-state index in [9.17, 15) is 9.59 Å². The number of hydrogen-bond acceptors (Lipinski definition) is 5. The van der Waals surface area contributed by atoms with Crippen LogP contribution in [0.15, 0.2) is 36.7 Å². The maximum atomic E-state index is 12.2. The molecular formula is C17H18ClN5O2. The number of rotatable bonds is 3. The van der Waals surface area contributed by atoms with Crippen LogP contribution in [0.2, 0.25) is 5.02 Å². The lowest BCUT2D eigenvalue weighted by Gasteiger charge is -2.34. The number of amides is 2. The second-order valence-electron chi connectivity index (χ2n) is 5.71. The summed E-state index contributed by atoms with van der Waals surface area (Å²) >= 11 is 5.82. The van der Waals surface area contributed by atoms with E-state index < -0.39 is 0 Å². The number of hydrogen-bond donors (Lipinski definition) is 1. The molecule has 2 amide bonds. The molecule has 25 heavy (non-hydrogen) atoms. The molecule has 3 rings (SSSR count). The van der Waals surface area contributed by atoms with Gasteiger partial charge >= 0.3 is 0 Å². The number of carbonyl (C=O) groups is 2. The van der Waals surface area contributed by atoms with E-state index in [4.69, 9.17) is 11.6 Å². The number of anilines is 2. The Morgan fingerprint density at radius 1 is 1.04 bits per heavy atom. The van der Waals surface area contributed by atoms with Gasteiger partial charge in [-0.15, -0.1) is 0 Å². The molecular weight excluding hydrogens is 342 g/mol. The SMILES string of the molecule is CC(=O)N1CCN(c2cnc(C(=O)Nc3ccc(Cl)cc3)cn2)CC1. The van der Waals surface area contributed by atoms with Crippen LogP contribution in [0, 0.1) is 0 Å². The smallest absolute Gasteiger partial charge is 0.275 e. The highest BCUT2D eigenvalue weighted by Crippen LogP contribution is 2.15. The lowest BCUT2D eigenvalue weighted by atomic mass is 10.3. The predicted octanol–water partition coefficient (Wildman–Crippen LogP) is 2.05. The van der Waals surface area contributed by atoms with Gasteiger partial charge in [-0.3, -0.25) is 9.59 Å². The van der Waals surface area contributed by atoms with E-state index in [-0.39, 0.29) is 17.5 Å². The van der Waals surface area contributed by atoms with E-state index in [1.165, 1.54) is 6.20 Å². The lowest BCUT2D eigenvalue weighted by molar-refractivity contribution is -0.129. The van der Waals surface area contributed by atoms with Crippen molar-refractivity contribution in [1.82, 2.24) is 14.9 Å². The molecule has 130 valence electrons. The molecule has 0 saturated carbocycles. The third-order valence-electron chi connectivity index (χ3n) is 4.02. The fourth-order valence-corrected chi connectivity index (χ4v) is 2.71. The zero-order valence-electron chi connectivity index (χ0n) is 13.8. The Kier molecular flexibility index (Phi) is 5.14. The molecule has 1 aromatic heterocycles. The van der Waals surface area contributed by atoms with E-state index in [0.29, 0.717) is 42.7 Å². The molecule has 1 aromatic carbocycles. The van der Waals surface area contributed by atoms with Crippen LogP contribution in [0.25, 0.3) is 0 Å². The number of halogens is 1. The second-order valence-corrected chi connectivity index (χ2v) is 6.15. The van der Waals surface area contributed by atoms with Gasteiger partial charge in [-0.25, -0.2) is 9.97 Å². The highest BCUT2D eigenvalue weighted by Gasteiger charge is 2.20. The van der Waals surface area contributed by atoms with Crippen LogP contribution in [-0.2, 0) is 4.79 Å². The fourth-order valence-electron chi connectivity index (χ4n) is 2.58. The molecule has 0 bridgehead atoms. The van der Waals surface area contributed by atoms with Gasteiger partial charge in [0.25, 0.3) is 5.91 Å². The summed E-state index contributed by atoms with van der Waals surface area (Å²) in [5.41, 5.74) is 0.877. The van der Waals surface area contributed by atoms with Crippen molar-refractivity contribution in [3.63, 3.8) is 0 Å². The molecule has 1 aliphatic heterocycles. The van der Waals surface area contributed by atoms with E-state index in [1.807, 2.05) is 4.90 Å². The largest absolute Gasteiger partial charge is 0.352 e. The molecule has 1 fully saturated rings. The van der Waals surface area contributed by atoms with Gasteiger partial charge in [-0.1, -0.05) is 11.6 Å². The molecule has 0 atom stereocenters. The number of nitrogens with one attached hydrogen (secondary N) is 1. The molecule has 0 unspecified atom stereocenters. The van der Waals surface area contributed by atoms with Crippen molar-refractivity contribution in [3.8, 4) is 0 Å². The summed E-state index contributed by atoms with van der Waals surface area (Å²) in [4.78, 5) is 35.9. The molecule has 7 nitrogen and oxygen atoms in total. The van der Waals surface area contributed by atoms with Gasteiger partial charge in [0.15, 0.2) is 0 Å². The normalized spacial score (nSPS) is 14.3. The number of carbonyl (C=O) groups excluding carboxylic acids is 2. The van der Waals surface area contributed by atoms with Gasteiger partial charge in [0.1, 0.15) is 11.5 Å². The first-order valence-corrected chi connectivity index (χ1v) is 8.30. The molecule has 1 N–H and O–H groups in total. The van der Waals surface area contributed by atoms with Gasteiger partial charge in [-0.05, 0) is 24.3 Å². The minimum Gasteiger partial charge on any atom is -0.352 e. The van der Waals surface area contributed by atoms with Crippen molar-refractivity contribution in [2.75, 3.05) is 36.4 Å². The Morgan fingerprint density at radius 3 is 2.28 bits per heavy atom. The predicted molar refractivity (Wildman–Crippen MR) is 95.9 cm³/mol. The maximum Gasteiger partial charge on any atom is 0.275 e. The molecule has 1 aliphatic rings. The van der Waals surface area contributed by atoms with Crippen LogP contribution in [0.3, 0.4) is 0 Å². The van der Waals surface area contributed by atoms with Gasteiger partial charge in [0, 0.05) is 43.8 Å². The standard InChI is InChI=1S/C17H18ClN5O2/c1-12(24)22-6-8-23(9-7-22)16-11-19-15(10-20-16)17(25)21-14-4-2-13(18)3-5-14/h2-5,10-11H,6-9H2,1H3,(H,21,25). The third-order valence-corrected chi connectivity index (χ3v) is 4.27. The average Bonchev–Trinajstić information content (AvgIpc) is 2.64. The van der Waals surface area contributed by atoms with E-state index in [1.54, 1.807) is 42.3 Å². The van der Waals surface area contributed by atoms with Crippen LogP contribution in [0.1, 0.15) is 17.4 Å². The number of nitrogens with zero attached hydrogens (tertiary/aromatic N) is 4. The summed E-state index contributed by atoms with van der Waals surface area (Å²) in [7, 11) is 0. The zero-order valence-corrected chi connectivity index (χ0v) is 14.5. The summed E-state index contributed by atoms with van der Waals surface area (Å²) in [5, 5.41) is 3.35. The Labute approximate surface area is 150 Å². The van der Waals surface area contributed by atoms with E-state index >= 15 is 0 Å². The number of aromatic nitrogens is 2. The summed E-state index contributed by atoms with van der Waals surface area (Å²) in [5.74, 6) is 0.453. The summed E-state index contributed by atoms with van der Waals surface area (Å²) < 4.78 is 0.